The van der Waals surface area contributed by atoms with Gasteiger partial charge in [-0.2, -0.15) is 13.2 Å². The van der Waals surface area contributed by atoms with Gasteiger partial charge in [0.15, 0.2) is 11.5 Å². The minimum Gasteiger partial charge on any atom is -0.373 e. The Balaban J connectivity index is 2.55. The van der Waals surface area contributed by atoms with Crippen LogP contribution in [0.3, 0.4) is 0 Å². The van der Waals surface area contributed by atoms with Crippen molar-refractivity contribution in [3.63, 3.8) is 0 Å². The third-order valence-electron chi connectivity index (χ3n) is 3.34. The second-order valence-corrected chi connectivity index (χ2v) is 5.18. The molecule has 1 aliphatic heterocycles. The summed E-state index contributed by atoms with van der Waals surface area (Å²) in [6.07, 6.45) is -4.71. The number of ether oxygens (including phenoxy) is 1. The van der Waals surface area contributed by atoms with Crippen molar-refractivity contribution in [2.24, 2.45) is 5.92 Å². The van der Waals surface area contributed by atoms with E-state index in [0.29, 0.717) is 25.2 Å². The summed E-state index contributed by atoms with van der Waals surface area (Å²) in [5.74, 6) is 0.105. The van der Waals surface area contributed by atoms with E-state index in [-0.39, 0.29) is 17.3 Å². The van der Waals surface area contributed by atoms with Crippen LogP contribution in [0.1, 0.15) is 42.7 Å². The topological polar surface area (TPSA) is 47.0 Å². The SMILES string of the molecule is COC(c1nc2c(c(C(F)(F)F)n1)CCNC2)C(C)C. The standard InChI is InChI=1S/C13H18F3N3O/c1-7(2)10(20-3)12-18-9-6-17-5-4-8(9)11(19-12)13(14,15)16/h7,10,17H,4-6H2,1-3H3. The van der Waals surface area contributed by atoms with E-state index < -0.39 is 18.0 Å². The minimum absolute atomic E-state index is 0.00400. The zero-order valence-electron chi connectivity index (χ0n) is 11.7. The molecular formula is C13H18F3N3O. The summed E-state index contributed by atoms with van der Waals surface area (Å²) in [5.41, 5.74) is -0.184. The molecular weight excluding hydrogens is 271 g/mol. The molecule has 0 fully saturated rings. The number of halogens is 3. The Morgan fingerprint density at radius 3 is 2.50 bits per heavy atom. The highest BCUT2D eigenvalue weighted by Gasteiger charge is 2.38. The molecule has 0 saturated carbocycles. The first-order valence-electron chi connectivity index (χ1n) is 6.55. The van der Waals surface area contributed by atoms with Crippen LogP contribution in [0.5, 0.6) is 0 Å². The smallest absolute Gasteiger partial charge is 0.373 e. The Morgan fingerprint density at radius 1 is 1.25 bits per heavy atom. The van der Waals surface area contributed by atoms with Gasteiger partial charge in [-0.15, -0.1) is 0 Å². The largest absolute Gasteiger partial charge is 0.433 e. The van der Waals surface area contributed by atoms with Crippen molar-refractivity contribution in [1.29, 1.82) is 0 Å². The fraction of sp³-hybridized carbons (Fsp3) is 0.692. The first-order valence-corrected chi connectivity index (χ1v) is 6.55. The van der Waals surface area contributed by atoms with Gasteiger partial charge in [0.05, 0.1) is 5.69 Å². The molecule has 7 heteroatoms. The molecule has 20 heavy (non-hydrogen) atoms. The van der Waals surface area contributed by atoms with Gasteiger partial charge in [0, 0.05) is 19.2 Å². The van der Waals surface area contributed by atoms with Crippen LogP contribution in [-0.2, 0) is 23.9 Å². The monoisotopic (exact) mass is 289 g/mol. The van der Waals surface area contributed by atoms with Gasteiger partial charge in [-0.25, -0.2) is 9.97 Å². The van der Waals surface area contributed by atoms with Gasteiger partial charge in [0.25, 0.3) is 0 Å². The third-order valence-corrected chi connectivity index (χ3v) is 3.34. The van der Waals surface area contributed by atoms with Crippen molar-refractivity contribution >= 4 is 0 Å². The lowest BCUT2D eigenvalue weighted by molar-refractivity contribution is -0.142. The van der Waals surface area contributed by atoms with Gasteiger partial charge in [0.2, 0.25) is 0 Å². The molecule has 1 atom stereocenters. The van der Waals surface area contributed by atoms with Crippen LogP contribution < -0.4 is 5.32 Å². The summed E-state index contributed by atoms with van der Waals surface area (Å²) in [5, 5.41) is 3.03. The Bertz CT molecular complexity index is 488. The van der Waals surface area contributed by atoms with Gasteiger partial charge >= 0.3 is 6.18 Å². The van der Waals surface area contributed by atoms with E-state index in [1.807, 2.05) is 13.8 Å². The van der Waals surface area contributed by atoms with Crippen molar-refractivity contribution in [2.45, 2.75) is 39.1 Å². The van der Waals surface area contributed by atoms with Crippen LogP contribution in [0, 0.1) is 5.92 Å². The van der Waals surface area contributed by atoms with Crippen LogP contribution in [0.2, 0.25) is 0 Å². The van der Waals surface area contributed by atoms with Crippen molar-refractivity contribution in [3.8, 4) is 0 Å². The van der Waals surface area contributed by atoms with E-state index in [4.69, 9.17) is 4.74 Å². The second kappa shape index (κ2) is 5.65. The Morgan fingerprint density at radius 2 is 1.95 bits per heavy atom. The molecule has 112 valence electrons. The van der Waals surface area contributed by atoms with Crippen LogP contribution in [0.15, 0.2) is 0 Å². The van der Waals surface area contributed by atoms with E-state index in [9.17, 15) is 13.2 Å². The lowest BCUT2D eigenvalue weighted by atomic mass is 10.0. The quantitative estimate of drug-likeness (QED) is 0.928. The highest BCUT2D eigenvalue weighted by atomic mass is 19.4. The van der Waals surface area contributed by atoms with Crippen LogP contribution in [0.25, 0.3) is 0 Å². The highest BCUT2D eigenvalue weighted by Crippen LogP contribution is 2.34. The molecule has 1 N–H and O–H groups in total. The van der Waals surface area contributed by atoms with Gasteiger partial charge in [0.1, 0.15) is 6.10 Å². The third kappa shape index (κ3) is 2.93. The van der Waals surface area contributed by atoms with E-state index in [0.717, 1.165) is 0 Å². The first-order chi connectivity index (χ1) is 9.34. The summed E-state index contributed by atoms with van der Waals surface area (Å²) < 4.78 is 44.8. The Kier molecular flexibility index (Phi) is 4.29. The van der Waals surface area contributed by atoms with Crippen molar-refractivity contribution in [3.05, 3.63) is 22.8 Å². The van der Waals surface area contributed by atoms with E-state index >= 15 is 0 Å². The normalized spacial score (nSPS) is 17.1. The molecule has 1 aliphatic rings. The maximum atomic E-state index is 13.2. The summed E-state index contributed by atoms with van der Waals surface area (Å²) in [6, 6.07) is 0. The number of rotatable bonds is 3. The number of nitrogens with one attached hydrogen (secondary N) is 1. The number of aromatic nitrogens is 2. The molecule has 0 radical (unpaired) electrons. The number of methoxy groups -OCH3 is 1. The molecule has 2 heterocycles. The van der Waals surface area contributed by atoms with Crippen molar-refractivity contribution in [2.75, 3.05) is 13.7 Å². The summed E-state index contributed by atoms with van der Waals surface area (Å²) >= 11 is 0. The van der Waals surface area contributed by atoms with Gasteiger partial charge in [-0.05, 0) is 18.9 Å². The molecule has 0 spiro atoms. The van der Waals surface area contributed by atoms with Crippen LogP contribution in [-0.4, -0.2) is 23.6 Å². The van der Waals surface area contributed by atoms with Gasteiger partial charge < -0.3 is 10.1 Å². The van der Waals surface area contributed by atoms with Crippen molar-refractivity contribution in [1.82, 2.24) is 15.3 Å². The number of nitrogens with zero attached hydrogens (tertiary/aromatic N) is 2. The number of hydrogen-bond donors (Lipinski definition) is 1. The first kappa shape index (κ1) is 15.2. The molecule has 0 aliphatic carbocycles. The molecule has 0 saturated heterocycles. The number of hydrogen-bond acceptors (Lipinski definition) is 4. The summed E-state index contributed by atoms with van der Waals surface area (Å²) in [4.78, 5) is 8.04. The maximum Gasteiger partial charge on any atom is 0.433 e. The number of fused-ring (bicyclic) bond motifs is 1. The zero-order valence-corrected chi connectivity index (χ0v) is 11.7. The van der Waals surface area contributed by atoms with E-state index in [2.05, 4.69) is 15.3 Å². The number of alkyl halides is 3. The van der Waals surface area contributed by atoms with Crippen LogP contribution in [0.4, 0.5) is 13.2 Å². The molecule has 0 bridgehead atoms. The van der Waals surface area contributed by atoms with Gasteiger partial charge in [-0.1, -0.05) is 13.8 Å². The minimum atomic E-state index is -4.46. The lowest BCUT2D eigenvalue weighted by Gasteiger charge is -2.24. The highest BCUT2D eigenvalue weighted by molar-refractivity contribution is 5.30. The Hall–Kier alpha value is -1.21. The predicted molar refractivity (Wildman–Crippen MR) is 67.0 cm³/mol. The fourth-order valence-corrected chi connectivity index (χ4v) is 2.42. The Labute approximate surface area is 115 Å². The second-order valence-electron chi connectivity index (χ2n) is 5.18. The molecule has 1 aromatic rings. The summed E-state index contributed by atoms with van der Waals surface area (Å²) in [7, 11) is 1.46. The molecule has 0 amide bonds. The molecule has 2 rings (SSSR count). The summed E-state index contributed by atoms with van der Waals surface area (Å²) in [6.45, 7) is 4.57. The average Bonchev–Trinajstić information content (AvgIpc) is 2.37. The van der Waals surface area contributed by atoms with Crippen molar-refractivity contribution < 1.29 is 17.9 Å². The molecule has 4 nitrogen and oxygen atoms in total. The van der Waals surface area contributed by atoms with E-state index in [1.54, 1.807) is 0 Å². The average molecular weight is 289 g/mol. The van der Waals surface area contributed by atoms with Gasteiger partial charge in [-0.3, -0.25) is 0 Å². The maximum absolute atomic E-state index is 13.2. The predicted octanol–water partition coefficient (Wildman–Crippen LogP) is 2.48. The molecule has 1 unspecified atom stereocenters. The fourth-order valence-electron chi connectivity index (χ4n) is 2.42. The lowest BCUT2D eigenvalue weighted by Crippen LogP contribution is -2.30. The molecule has 0 aromatic carbocycles. The molecule has 1 aromatic heterocycles. The van der Waals surface area contributed by atoms with Crippen LogP contribution >= 0.6 is 0 Å². The van der Waals surface area contributed by atoms with E-state index in [1.165, 1.54) is 7.11 Å². The zero-order chi connectivity index (χ0) is 14.9.